The molecule has 202 valence electrons. The number of fused-ring (bicyclic) bond motifs is 1. The maximum absolute atomic E-state index is 13.0. The van der Waals surface area contributed by atoms with E-state index in [-0.39, 0.29) is 28.7 Å². The second kappa shape index (κ2) is 10.4. The lowest BCUT2D eigenvalue weighted by molar-refractivity contribution is -0.137. The van der Waals surface area contributed by atoms with Crippen molar-refractivity contribution in [1.29, 1.82) is 0 Å². The van der Waals surface area contributed by atoms with E-state index in [2.05, 4.69) is 20.6 Å². The van der Waals surface area contributed by atoms with E-state index in [1.165, 1.54) is 19.3 Å². The standard InChI is InChI=1S/C27H25F3N6O3/c1-16-11-18(27(28,29)30)4-6-21(16)24(37)34-19-14-32-26(33-15-19)39-20-5-3-17-12-23(35(2)22(17)13-20)25(38)36-9-7-31-8-10-36/h3-6,11-15,31H,7-10H2,1-2H3,(H,34,37). The zero-order valence-electron chi connectivity index (χ0n) is 21.2. The molecule has 3 heterocycles. The Hall–Kier alpha value is -4.45. The van der Waals surface area contributed by atoms with Gasteiger partial charge in [-0.2, -0.15) is 13.2 Å². The van der Waals surface area contributed by atoms with Gasteiger partial charge >= 0.3 is 12.2 Å². The molecule has 5 rings (SSSR count). The third-order valence-corrected chi connectivity index (χ3v) is 6.53. The van der Waals surface area contributed by atoms with Crippen LogP contribution in [-0.2, 0) is 13.2 Å². The van der Waals surface area contributed by atoms with Crippen molar-refractivity contribution in [2.75, 3.05) is 31.5 Å². The van der Waals surface area contributed by atoms with Crippen LogP contribution in [0, 0.1) is 6.92 Å². The van der Waals surface area contributed by atoms with Crippen LogP contribution >= 0.6 is 0 Å². The zero-order valence-corrected chi connectivity index (χ0v) is 21.2. The molecule has 4 aromatic rings. The van der Waals surface area contributed by atoms with E-state index in [1.54, 1.807) is 12.1 Å². The van der Waals surface area contributed by atoms with Gasteiger partial charge in [0, 0.05) is 50.2 Å². The highest BCUT2D eigenvalue weighted by Gasteiger charge is 2.31. The van der Waals surface area contributed by atoms with Crippen LogP contribution in [0.4, 0.5) is 18.9 Å². The molecule has 2 aromatic heterocycles. The zero-order chi connectivity index (χ0) is 27.7. The molecule has 0 atom stereocenters. The molecule has 0 aliphatic carbocycles. The summed E-state index contributed by atoms with van der Waals surface area (Å²) < 4.78 is 46.3. The van der Waals surface area contributed by atoms with Crippen LogP contribution in [0.5, 0.6) is 11.8 Å². The van der Waals surface area contributed by atoms with Crippen molar-refractivity contribution >= 4 is 28.4 Å². The molecule has 0 unspecified atom stereocenters. The summed E-state index contributed by atoms with van der Waals surface area (Å²) >= 11 is 0. The number of halogens is 3. The Balaban J connectivity index is 1.27. The lowest BCUT2D eigenvalue weighted by atomic mass is 10.0. The molecule has 0 bridgehead atoms. The van der Waals surface area contributed by atoms with Crippen LogP contribution in [-0.4, -0.2) is 57.4 Å². The number of ether oxygens (including phenoxy) is 1. The Labute approximate surface area is 221 Å². The molecule has 2 amide bonds. The number of hydrogen-bond acceptors (Lipinski definition) is 6. The lowest BCUT2D eigenvalue weighted by Gasteiger charge is -2.27. The lowest BCUT2D eigenvalue weighted by Crippen LogP contribution is -2.46. The first kappa shape index (κ1) is 26.2. The number of alkyl halides is 3. The average molecular weight is 539 g/mol. The first-order valence-electron chi connectivity index (χ1n) is 12.2. The van der Waals surface area contributed by atoms with Gasteiger partial charge in [0.2, 0.25) is 0 Å². The minimum Gasteiger partial charge on any atom is -0.424 e. The van der Waals surface area contributed by atoms with Crippen LogP contribution in [0.2, 0.25) is 0 Å². The molecular weight excluding hydrogens is 513 g/mol. The predicted octanol–water partition coefficient (Wildman–Crippen LogP) is 4.39. The van der Waals surface area contributed by atoms with Crippen molar-refractivity contribution in [2.24, 2.45) is 7.05 Å². The third-order valence-electron chi connectivity index (χ3n) is 6.53. The summed E-state index contributed by atoms with van der Waals surface area (Å²) in [6.45, 7) is 4.29. The van der Waals surface area contributed by atoms with E-state index in [1.807, 2.05) is 28.6 Å². The molecule has 0 spiro atoms. The minimum atomic E-state index is -4.49. The van der Waals surface area contributed by atoms with Gasteiger partial charge in [-0.25, -0.2) is 9.97 Å². The van der Waals surface area contributed by atoms with Crippen molar-refractivity contribution in [1.82, 2.24) is 24.8 Å². The number of rotatable bonds is 5. The number of carbonyl (C=O) groups excluding carboxylic acids is 2. The summed E-state index contributed by atoms with van der Waals surface area (Å²) in [5, 5.41) is 6.70. The van der Waals surface area contributed by atoms with Crippen molar-refractivity contribution in [3.8, 4) is 11.8 Å². The maximum atomic E-state index is 13.0. The molecule has 1 saturated heterocycles. The Kier molecular flexibility index (Phi) is 6.96. The van der Waals surface area contributed by atoms with Crippen LogP contribution < -0.4 is 15.4 Å². The van der Waals surface area contributed by atoms with Gasteiger partial charge in [-0.05, 0) is 48.9 Å². The average Bonchev–Trinajstić information content (AvgIpc) is 3.25. The number of aryl methyl sites for hydroxylation is 2. The number of amides is 2. The van der Waals surface area contributed by atoms with E-state index in [0.717, 1.165) is 42.2 Å². The fourth-order valence-corrected chi connectivity index (χ4v) is 4.44. The molecule has 39 heavy (non-hydrogen) atoms. The summed E-state index contributed by atoms with van der Waals surface area (Å²) in [6.07, 6.45) is -1.81. The van der Waals surface area contributed by atoms with E-state index in [4.69, 9.17) is 4.74 Å². The highest BCUT2D eigenvalue weighted by molar-refractivity contribution is 6.05. The number of nitrogens with one attached hydrogen (secondary N) is 2. The van der Waals surface area contributed by atoms with Crippen molar-refractivity contribution in [3.05, 3.63) is 77.2 Å². The van der Waals surface area contributed by atoms with E-state index >= 15 is 0 Å². The van der Waals surface area contributed by atoms with Crippen LogP contribution in [0.15, 0.2) is 54.9 Å². The van der Waals surface area contributed by atoms with Gasteiger partial charge in [0.15, 0.2) is 0 Å². The molecule has 9 nitrogen and oxygen atoms in total. The molecule has 2 N–H and O–H groups in total. The molecule has 1 fully saturated rings. The van der Waals surface area contributed by atoms with Gasteiger partial charge in [0.05, 0.1) is 29.2 Å². The maximum Gasteiger partial charge on any atom is 0.416 e. The smallest absolute Gasteiger partial charge is 0.416 e. The topological polar surface area (TPSA) is 101 Å². The summed E-state index contributed by atoms with van der Waals surface area (Å²) in [5.41, 5.74) is 1.12. The number of piperazine rings is 1. The van der Waals surface area contributed by atoms with E-state index in [9.17, 15) is 22.8 Å². The fraction of sp³-hybridized carbons (Fsp3) is 0.259. The molecule has 1 aliphatic rings. The summed E-state index contributed by atoms with van der Waals surface area (Å²) in [6, 6.07) is 10.2. The number of nitrogens with zero attached hydrogens (tertiary/aromatic N) is 4. The quantitative estimate of drug-likeness (QED) is 0.391. The van der Waals surface area contributed by atoms with Crippen molar-refractivity contribution in [3.63, 3.8) is 0 Å². The first-order chi connectivity index (χ1) is 18.6. The van der Waals surface area contributed by atoms with Gasteiger partial charge in [-0.15, -0.1) is 0 Å². The highest BCUT2D eigenvalue weighted by atomic mass is 19.4. The number of aromatic nitrogens is 3. The molecular formula is C27H25F3N6O3. The number of carbonyl (C=O) groups is 2. The third kappa shape index (κ3) is 5.55. The molecule has 1 aliphatic heterocycles. The molecule has 0 saturated carbocycles. The summed E-state index contributed by atoms with van der Waals surface area (Å²) in [4.78, 5) is 35.6. The Bertz CT molecular complexity index is 1540. The van der Waals surface area contributed by atoms with Gasteiger partial charge in [0.25, 0.3) is 11.8 Å². The Morgan fingerprint density at radius 3 is 2.41 bits per heavy atom. The predicted molar refractivity (Wildman–Crippen MR) is 138 cm³/mol. The van der Waals surface area contributed by atoms with Gasteiger partial charge < -0.3 is 24.8 Å². The minimum absolute atomic E-state index is 0.0230. The number of anilines is 1. The Morgan fingerprint density at radius 2 is 1.74 bits per heavy atom. The van der Waals surface area contributed by atoms with E-state index in [0.29, 0.717) is 24.5 Å². The first-order valence-corrected chi connectivity index (χ1v) is 12.2. The van der Waals surface area contributed by atoms with Crippen LogP contribution in [0.3, 0.4) is 0 Å². The largest absolute Gasteiger partial charge is 0.424 e. The van der Waals surface area contributed by atoms with Gasteiger partial charge in [-0.3, -0.25) is 9.59 Å². The van der Waals surface area contributed by atoms with Gasteiger partial charge in [0.1, 0.15) is 11.4 Å². The highest BCUT2D eigenvalue weighted by Crippen LogP contribution is 2.31. The monoisotopic (exact) mass is 538 g/mol. The fourth-order valence-electron chi connectivity index (χ4n) is 4.44. The Morgan fingerprint density at radius 1 is 1.03 bits per heavy atom. The molecule has 0 radical (unpaired) electrons. The second-order valence-corrected chi connectivity index (χ2v) is 9.19. The van der Waals surface area contributed by atoms with Gasteiger partial charge in [-0.1, -0.05) is 0 Å². The second-order valence-electron chi connectivity index (χ2n) is 9.19. The summed E-state index contributed by atoms with van der Waals surface area (Å²) in [5.74, 6) is -0.147. The normalized spacial score (nSPS) is 13.9. The molecule has 2 aromatic carbocycles. The van der Waals surface area contributed by atoms with Crippen LogP contribution in [0.1, 0.15) is 32.0 Å². The van der Waals surface area contributed by atoms with E-state index < -0.39 is 17.6 Å². The number of benzene rings is 2. The number of hydrogen-bond donors (Lipinski definition) is 2. The van der Waals surface area contributed by atoms with Crippen molar-refractivity contribution < 1.29 is 27.5 Å². The SMILES string of the molecule is Cc1cc(C(F)(F)F)ccc1C(=O)Nc1cnc(Oc2ccc3cc(C(=O)N4CCNCC4)n(C)c3c2)nc1. The van der Waals surface area contributed by atoms with Crippen LogP contribution in [0.25, 0.3) is 10.9 Å². The summed E-state index contributed by atoms with van der Waals surface area (Å²) in [7, 11) is 1.83. The van der Waals surface area contributed by atoms with Crippen molar-refractivity contribution in [2.45, 2.75) is 13.1 Å². The molecule has 12 heteroatoms.